The van der Waals surface area contributed by atoms with Crippen molar-refractivity contribution in [2.24, 2.45) is 0 Å². The second-order valence-corrected chi connectivity index (χ2v) is 3.59. The van der Waals surface area contributed by atoms with Crippen LogP contribution in [0.25, 0.3) is 11.1 Å². The first-order chi connectivity index (χ1) is 8.80. The quantitative estimate of drug-likeness (QED) is 0.770. The fourth-order valence-corrected chi connectivity index (χ4v) is 1.72. The van der Waals surface area contributed by atoms with Gasteiger partial charge < -0.3 is 4.74 Å². The Kier molecular flexibility index (Phi) is 3.35. The van der Waals surface area contributed by atoms with Gasteiger partial charge in [0.1, 0.15) is 17.5 Å². The molecule has 0 atom stereocenters. The van der Waals surface area contributed by atoms with Crippen LogP contribution in [0.3, 0.4) is 0 Å². The molecule has 0 aliphatic rings. The molecule has 0 unspecified atom stereocenters. The van der Waals surface area contributed by atoms with E-state index in [4.69, 9.17) is 10.00 Å². The lowest BCUT2D eigenvalue weighted by Gasteiger charge is -2.10. The summed E-state index contributed by atoms with van der Waals surface area (Å²) in [5, 5.41) is 8.87. The Morgan fingerprint density at radius 2 is 2.11 bits per heavy atom. The van der Waals surface area contributed by atoms with E-state index in [0.717, 1.165) is 11.8 Å². The number of nitrogens with zero attached hydrogens (tertiary/aromatic N) is 2. The molecule has 1 aromatic carbocycles. The Bertz CT molecular complexity index is 630. The minimum Gasteiger partial charge on any atom is -0.496 e. The van der Waals surface area contributed by atoms with Crippen LogP contribution in [0.2, 0.25) is 0 Å². The normalized spacial score (nSPS) is 9.56. The molecule has 0 radical (unpaired) electrons. The van der Waals surface area contributed by atoms with Crippen molar-refractivity contribution < 1.29 is 9.53 Å². The molecule has 0 amide bonds. The van der Waals surface area contributed by atoms with Crippen LogP contribution in [0, 0.1) is 11.3 Å². The Hall–Kier alpha value is -2.67. The highest BCUT2D eigenvalue weighted by Gasteiger charge is 2.11. The molecule has 0 saturated carbocycles. The zero-order valence-electron chi connectivity index (χ0n) is 9.75. The third-order valence-corrected chi connectivity index (χ3v) is 2.57. The molecule has 0 aliphatic carbocycles. The highest BCUT2D eigenvalue weighted by Crippen LogP contribution is 2.31. The smallest absolute Gasteiger partial charge is 0.152 e. The third kappa shape index (κ3) is 2.06. The number of carbonyl (C=O) groups is 1. The maximum Gasteiger partial charge on any atom is 0.152 e. The van der Waals surface area contributed by atoms with Crippen LogP contribution in [0.15, 0.2) is 36.5 Å². The van der Waals surface area contributed by atoms with Crippen LogP contribution < -0.4 is 4.74 Å². The van der Waals surface area contributed by atoms with E-state index < -0.39 is 0 Å². The molecule has 2 aromatic rings. The zero-order chi connectivity index (χ0) is 13.0. The number of hydrogen-bond donors (Lipinski definition) is 0. The summed E-state index contributed by atoms with van der Waals surface area (Å²) in [4.78, 5) is 14.9. The van der Waals surface area contributed by atoms with Crippen molar-refractivity contribution in [2.45, 2.75) is 0 Å². The van der Waals surface area contributed by atoms with Crippen LogP contribution in [0.5, 0.6) is 5.75 Å². The number of aldehydes is 1. The molecule has 0 fully saturated rings. The lowest BCUT2D eigenvalue weighted by atomic mass is 10.0. The van der Waals surface area contributed by atoms with Gasteiger partial charge in [-0.25, -0.2) is 4.98 Å². The summed E-state index contributed by atoms with van der Waals surface area (Å²) >= 11 is 0. The maximum atomic E-state index is 11.0. The first kappa shape index (κ1) is 11.8. The fourth-order valence-electron chi connectivity index (χ4n) is 1.72. The lowest BCUT2D eigenvalue weighted by molar-refractivity contribution is 0.112. The van der Waals surface area contributed by atoms with E-state index in [9.17, 15) is 4.79 Å². The largest absolute Gasteiger partial charge is 0.496 e. The first-order valence-corrected chi connectivity index (χ1v) is 5.29. The minimum atomic E-state index is 0.265. The summed E-state index contributed by atoms with van der Waals surface area (Å²) in [7, 11) is 1.56. The fraction of sp³-hybridized carbons (Fsp3) is 0.0714. The number of benzene rings is 1. The van der Waals surface area contributed by atoms with E-state index in [1.807, 2.05) is 24.3 Å². The molecular formula is C14H10N2O2. The van der Waals surface area contributed by atoms with Crippen molar-refractivity contribution in [1.82, 2.24) is 4.98 Å². The summed E-state index contributed by atoms with van der Waals surface area (Å²) in [5.74, 6) is 0.649. The van der Waals surface area contributed by atoms with Gasteiger partial charge in [-0.05, 0) is 12.1 Å². The predicted molar refractivity (Wildman–Crippen MR) is 66.3 cm³/mol. The van der Waals surface area contributed by atoms with Crippen molar-refractivity contribution >= 4 is 6.29 Å². The predicted octanol–water partition coefficient (Wildman–Crippen LogP) is 2.44. The number of pyridine rings is 1. The number of aromatic nitrogens is 1. The average Bonchev–Trinajstić information content (AvgIpc) is 2.46. The highest BCUT2D eigenvalue weighted by atomic mass is 16.5. The number of nitriles is 1. The van der Waals surface area contributed by atoms with E-state index in [-0.39, 0.29) is 5.69 Å². The van der Waals surface area contributed by atoms with E-state index in [0.29, 0.717) is 16.9 Å². The van der Waals surface area contributed by atoms with Crippen LogP contribution in [-0.4, -0.2) is 18.4 Å². The molecule has 2 rings (SSSR count). The van der Waals surface area contributed by atoms with Crippen LogP contribution in [0.4, 0.5) is 0 Å². The first-order valence-electron chi connectivity index (χ1n) is 5.29. The average molecular weight is 238 g/mol. The van der Waals surface area contributed by atoms with E-state index in [1.54, 1.807) is 19.2 Å². The zero-order valence-corrected chi connectivity index (χ0v) is 9.75. The van der Waals surface area contributed by atoms with E-state index >= 15 is 0 Å². The lowest BCUT2D eigenvalue weighted by Crippen LogP contribution is -1.95. The van der Waals surface area contributed by atoms with Crippen LogP contribution in [-0.2, 0) is 0 Å². The van der Waals surface area contributed by atoms with Gasteiger partial charge in [0.15, 0.2) is 6.29 Å². The molecular weight excluding hydrogens is 228 g/mol. The summed E-state index contributed by atoms with van der Waals surface area (Å²) in [6.07, 6.45) is 2.11. The van der Waals surface area contributed by atoms with Gasteiger partial charge in [0, 0.05) is 22.9 Å². The molecule has 0 saturated heterocycles. The third-order valence-electron chi connectivity index (χ3n) is 2.57. The number of ether oxygens (including phenoxy) is 1. The number of rotatable bonds is 3. The number of methoxy groups -OCH3 is 1. The maximum absolute atomic E-state index is 11.0. The van der Waals surface area contributed by atoms with Gasteiger partial charge >= 0.3 is 0 Å². The van der Waals surface area contributed by atoms with Crippen LogP contribution in [0.1, 0.15) is 16.1 Å². The topological polar surface area (TPSA) is 63.0 Å². The molecule has 4 heteroatoms. The molecule has 1 heterocycles. The number of carbonyl (C=O) groups excluding carboxylic acids is 1. The van der Waals surface area contributed by atoms with Gasteiger partial charge in [-0.15, -0.1) is 0 Å². The van der Waals surface area contributed by atoms with Crippen molar-refractivity contribution in [3.8, 4) is 22.9 Å². The molecule has 1 aromatic heterocycles. The summed E-state index contributed by atoms with van der Waals surface area (Å²) in [5.41, 5.74) is 2.11. The Morgan fingerprint density at radius 1 is 1.33 bits per heavy atom. The SMILES string of the molecule is COc1ccccc1-c1cc(C#N)ncc1C=O. The van der Waals surface area contributed by atoms with Gasteiger partial charge in [0.2, 0.25) is 0 Å². The molecule has 0 bridgehead atoms. The molecule has 18 heavy (non-hydrogen) atoms. The van der Waals surface area contributed by atoms with Crippen molar-refractivity contribution in [1.29, 1.82) is 5.26 Å². The van der Waals surface area contributed by atoms with Crippen LogP contribution >= 0.6 is 0 Å². The van der Waals surface area contributed by atoms with Gasteiger partial charge in [-0.1, -0.05) is 18.2 Å². The van der Waals surface area contributed by atoms with Crippen molar-refractivity contribution in [3.63, 3.8) is 0 Å². The van der Waals surface area contributed by atoms with Gasteiger partial charge in [-0.2, -0.15) is 5.26 Å². The Balaban J connectivity index is 2.69. The second-order valence-electron chi connectivity index (χ2n) is 3.59. The molecule has 88 valence electrons. The van der Waals surface area contributed by atoms with E-state index in [1.165, 1.54) is 6.20 Å². The molecule has 0 spiro atoms. The van der Waals surface area contributed by atoms with Gasteiger partial charge in [0.25, 0.3) is 0 Å². The minimum absolute atomic E-state index is 0.265. The summed E-state index contributed by atoms with van der Waals surface area (Å²) in [6.45, 7) is 0. The van der Waals surface area contributed by atoms with Crippen molar-refractivity contribution in [3.05, 3.63) is 47.8 Å². The highest BCUT2D eigenvalue weighted by molar-refractivity contribution is 5.89. The Morgan fingerprint density at radius 3 is 2.78 bits per heavy atom. The summed E-state index contributed by atoms with van der Waals surface area (Å²) in [6, 6.07) is 10.9. The number of hydrogen-bond acceptors (Lipinski definition) is 4. The van der Waals surface area contributed by atoms with E-state index in [2.05, 4.69) is 4.98 Å². The summed E-state index contributed by atoms with van der Waals surface area (Å²) < 4.78 is 5.25. The molecule has 0 N–H and O–H groups in total. The monoisotopic (exact) mass is 238 g/mol. The van der Waals surface area contributed by atoms with Gasteiger partial charge in [-0.3, -0.25) is 4.79 Å². The number of para-hydroxylation sites is 1. The standard InChI is InChI=1S/C14H10N2O2/c1-18-14-5-3-2-4-12(14)13-6-11(7-15)16-8-10(13)9-17/h2-6,8-9H,1H3. The van der Waals surface area contributed by atoms with Crippen molar-refractivity contribution in [2.75, 3.05) is 7.11 Å². The molecule has 4 nitrogen and oxygen atoms in total. The Labute approximate surface area is 104 Å². The second kappa shape index (κ2) is 5.11. The van der Waals surface area contributed by atoms with Gasteiger partial charge in [0.05, 0.1) is 7.11 Å². The molecule has 0 aliphatic heterocycles.